The van der Waals surface area contributed by atoms with E-state index in [1.165, 1.54) is 12.8 Å². The van der Waals surface area contributed by atoms with Crippen molar-refractivity contribution in [3.05, 3.63) is 0 Å². The van der Waals surface area contributed by atoms with Crippen LogP contribution in [0.1, 0.15) is 33.1 Å². The van der Waals surface area contributed by atoms with Gasteiger partial charge in [0.15, 0.2) is 0 Å². The van der Waals surface area contributed by atoms with Crippen molar-refractivity contribution in [2.24, 2.45) is 5.92 Å². The zero-order valence-electron chi connectivity index (χ0n) is 12.3. The van der Waals surface area contributed by atoms with Crippen LogP contribution in [-0.2, 0) is 4.74 Å². The summed E-state index contributed by atoms with van der Waals surface area (Å²) >= 11 is 0. The van der Waals surface area contributed by atoms with Crippen molar-refractivity contribution in [2.45, 2.75) is 50.9 Å². The molecule has 3 nitrogen and oxygen atoms in total. The van der Waals surface area contributed by atoms with E-state index in [0.29, 0.717) is 18.5 Å². The van der Waals surface area contributed by atoms with Crippen LogP contribution in [0.2, 0.25) is 0 Å². The Balaban J connectivity index is 1.81. The number of piperazine rings is 1. The molecule has 1 saturated carbocycles. The molecule has 6 heteroatoms. The van der Waals surface area contributed by atoms with Gasteiger partial charge in [0.25, 0.3) is 0 Å². The number of nitrogens with one attached hydrogen (secondary N) is 1. The van der Waals surface area contributed by atoms with Gasteiger partial charge >= 0.3 is 6.18 Å². The van der Waals surface area contributed by atoms with Crippen LogP contribution < -0.4 is 5.32 Å². The molecule has 0 radical (unpaired) electrons. The first-order valence-electron chi connectivity index (χ1n) is 7.46. The van der Waals surface area contributed by atoms with Gasteiger partial charge in [0.1, 0.15) is 6.61 Å². The van der Waals surface area contributed by atoms with Crippen LogP contribution in [0.25, 0.3) is 0 Å². The van der Waals surface area contributed by atoms with E-state index in [4.69, 9.17) is 4.74 Å². The van der Waals surface area contributed by atoms with Crippen molar-refractivity contribution in [2.75, 3.05) is 32.8 Å². The molecule has 0 spiro atoms. The van der Waals surface area contributed by atoms with Crippen LogP contribution in [0.4, 0.5) is 13.2 Å². The van der Waals surface area contributed by atoms with Crippen LogP contribution >= 0.6 is 0 Å². The maximum absolute atomic E-state index is 12.1. The normalized spacial score (nSPS) is 32.5. The third-order valence-electron chi connectivity index (χ3n) is 4.49. The Morgan fingerprint density at radius 2 is 2.05 bits per heavy atom. The van der Waals surface area contributed by atoms with Crippen LogP contribution in [-0.4, -0.2) is 55.5 Å². The molecule has 0 amide bonds. The standard InChI is InChI=1S/C14H25F3N2O/c1-3-13(2)9-19(6-7-20-10-14(15,16)17)12(8-18-13)11-4-5-11/h11-12,18H,3-10H2,1-2H3. The van der Waals surface area contributed by atoms with Gasteiger partial charge < -0.3 is 10.1 Å². The van der Waals surface area contributed by atoms with Crippen molar-refractivity contribution >= 4 is 0 Å². The quantitative estimate of drug-likeness (QED) is 0.761. The molecule has 0 aromatic carbocycles. The van der Waals surface area contributed by atoms with Gasteiger partial charge in [0.05, 0.1) is 6.61 Å². The van der Waals surface area contributed by atoms with Crippen molar-refractivity contribution in [3.8, 4) is 0 Å². The SMILES string of the molecule is CCC1(C)CN(CCOCC(F)(F)F)C(C2CC2)CN1. The smallest absolute Gasteiger partial charge is 0.371 e. The molecule has 1 aliphatic heterocycles. The lowest BCUT2D eigenvalue weighted by Crippen LogP contribution is -2.63. The van der Waals surface area contributed by atoms with Crippen molar-refractivity contribution < 1.29 is 17.9 Å². The van der Waals surface area contributed by atoms with Crippen molar-refractivity contribution in [1.82, 2.24) is 10.2 Å². The van der Waals surface area contributed by atoms with Gasteiger partial charge in [-0.1, -0.05) is 6.92 Å². The van der Waals surface area contributed by atoms with E-state index in [1.54, 1.807) is 0 Å². The predicted molar refractivity (Wildman–Crippen MR) is 71.7 cm³/mol. The lowest BCUT2D eigenvalue weighted by Gasteiger charge is -2.46. The zero-order chi connectivity index (χ0) is 14.8. The Morgan fingerprint density at radius 3 is 2.60 bits per heavy atom. The number of alkyl halides is 3. The minimum Gasteiger partial charge on any atom is -0.371 e. The van der Waals surface area contributed by atoms with Crippen molar-refractivity contribution in [1.29, 1.82) is 0 Å². The summed E-state index contributed by atoms with van der Waals surface area (Å²) in [4.78, 5) is 2.33. The second kappa shape index (κ2) is 6.20. The topological polar surface area (TPSA) is 24.5 Å². The molecular weight excluding hydrogens is 269 g/mol. The Morgan fingerprint density at radius 1 is 1.35 bits per heavy atom. The summed E-state index contributed by atoms with van der Waals surface area (Å²) in [6, 6.07) is 0.462. The summed E-state index contributed by atoms with van der Waals surface area (Å²) in [6.45, 7) is 5.76. The highest BCUT2D eigenvalue weighted by Gasteiger charge is 2.41. The molecule has 2 aliphatic rings. The molecule has 1 heterocycles. The van der Waals surface area contributed by atoms with E-state index in [0.717, 1.165) is 19.5 Å². The van der Waals surface area contributed by atoms with E-state index in [-0.39, 0.29) is 12.1 Å². The number of hydrogen-bond acceptors (Lipinski definition) is 3. The Kier molecular flexibility index (Phi) is 4.97. The Bertz CT molecular complexity index is 320. The lowest BCUT2D eigenvalue weighted by atomic mass is 9.92. The second-order valence-electron chi connectivity index (χ2n) is 6.34. The maximum Gasteiger partial charge on any atom is 0.411 e. The second-order valence-corrected chi connectivity index (χ2v) is 6.34. The van der Waals surface area contributed by atoms with Gasteiger partial charge in [-0.2, -0.15) is 13.2 Å². The molecular formula is C14H25F3N2O. The first-order valence-corrected chi connectivity index (χ1v) is 7.46. The predicted octanol–water partition coefficient (Wildman–Crippen LogP) is 2.42. The molecule has 20 heavy (non-hydrogen) atoms. The minimum absolute atomic E-state index is 0.0649. The molecule has 118 valence electrons. The van der Waals surface area contributed by atoms with Gasteiger partial charge in [-0.3, -0.25) is 4.90 Å². The molecule has 0 aromatic rings. The average molecular weight is 294 g/mol. The number of hydrogen-bond donors (Lipinski definition) is 1. The molecule has 2 fully saturated rings. The number of rotatable bonds is 6. The highest BCUT2D eigenvalue weighted by molar-refractivity contribution is 4.99. The van der Waals surface area contributed by atoms with E-state index in [9.17, 15) is 13.2 Å². The summed E-state index contributed by atoms with van der Waals surface area (Å²) < 4.78 is 41.0. The number of ether oxygens (including phenoxy) is 1. The molecule has 1 aliphatic carbocycles. The number of halogens is 3. The molecule has 2 atom stereocenters. The number of nitrogens with zero attached hydrogens (tertiary/aromatic N) is 1. The van der Waals surface area contributed by atoms with Crippen molar-refractivity contribution in [3.63, 3.8) is 0 Å². The fraction of sp³-hybridized carbons (Fsp3) is 1.00. The maximum atomic E-state index is 12.1. The monoisotopic (exact) mass is 294 g/mol. The third kappa shape index (κ3) is 4.60. The molecule has 0 aromatic heterocycles. The van der Waals surface area contributed by atoms with Gasteiger partial charge in [0.2, 0.25) is 0 Å². The lowest BCUT2D eigenvalue weighted by molar-refractivity contribution is -0.175. The van der Waals surface area contributed by atoms with Gasteiger partial charge in [-0.25, -0.2) is 0 Å². The highest BCUT2D eigenvalue weighted by Crippen LogP contribution is 2.37. The molecule has 1 saturated heterocycles. The summed E-state index contributed by atoms with van der Waals surface area (Å²) in [5.74, 6) is 0.714. The molecule has 2 rings (SSSR count). The van der Waals surface area contributed by atoms with Gasteiger partial charge in [-0.05, 0) is 32.1 Å². The van der Waals surface area contributed by atoms with Crippen LogP contribution in [0.3, 0.4) is 0 Å². The molecule has 1 N–H and O–H groups in total. The molecule has 0 bridgehead atoms. The van der Waals surface area contributed by atoms with Crippen LogP contribution in [0, 0.1) is 5.92 Å². The van der Waals surface area contributed by atoms with E-state index in [1.807, 2.05) is 0 Å². The summed E-state index contributed by atoms with van der Waals surface area (Å²) in [7, 11) is 0. The summed E-state index contributed by atoms with van der Waals surface area (Å²) in [5.41, 5.74) is 0.0649. The molecule has 2 unspecified atom stereocenters. The minimum atomic E-state index is -4.22. The van der Waals surface area contributed by atoms with E-state index in [2.05, 4.69) is 24.1 Å². The van der Waals surface area contributed by atoms with Crippen LogP contribution in [0.5, 0.6) is 0 Å². The first kappa shape index (κ1) is 16.0. The zero-order valence-corrected chi connectivity index (χ0v) is 12.3. The van der Waals surface area contributed by atoms with Gasteiger partial charge in [0, 0.05) is 31.2 Å². The summed E-state index contributed by atoms with van der Waals surface area (Å²) in [6.07, 6.45) is -0.717. The largest absolute Gasteiger partial charge is 0.411 e. The Labute approximate surface area is 118 Å². The fourth-order valence-electron chi connectivity index (χ4n) is 2.90. The fourth-order valence-corrected chi connectivity index (χ4v) is 2.90. The Hall–Kier alpha value is -0.330. The van der Waals surface area contributed by atoms with Gasteiger partial charge in [-0.15, -0.1) is 0 Å². The third-order valence-corrected chi connectivity index (χ3v) is 4.49. The highest BCUT2D eigenvalue weighted by atomic mass is 19.4. The summed E-state index contributed by atoms with van der Waals surface area (Å²) in [5, 5.41) is 3.60. The van der Waals surface area contributed by atoms with Crippen LogP contribution in [0.15, 0.2) is 0 Å². The average Bonchev–Trinajstić information content (AvgIpc) is 3.18. The first-order chi connectivity index (χ1) is 9.33. The van der Waals surface area contributed by atoms with E-state index >= 15 is 0 Å². The van der Waals surface area contributed by atoms with E-state index < -0.39 is 12.8 Å².